The van der Waals surface area contributed by atoms with E-state index < -0.39 is 15.1 Å². The smallest absolute Gasteiger partial charge is 0.314 e. The third-order valence-electron chi connectivity index (χ3n) is 4.06. The number of urea groups is 1. The van der Waals surface area contributed by atoms with Crippen LogP contribution in [0.5, 0.6) is 0 Å². The lowest BCUT2D eigenvalue weighted by atomic mass is 10.2. The number of amides is 2. The van der Waals surface area contributed by atoms with E-state index in [1.807, 2.05) is 19.9 Å². The average molecular weight is 375 g/mol. The van der Waals surface area contributed by atoms with E-state index in [-0.39, 0.29) is 17.5 Å². The molecule has 0 saturated heterocycles. The Hall–Kier alpha value is -2.41. The maximum atomic E-state index is 13.3. The molecule has 140 valence electrons. The minimum Gasteiger partial charge on any atom is -0.338 e. The largest absolute Gasteiger partial charge is 0.338 e. The second-order valence-corrected chi connectivity index (χ2v) is 8.32. The van der Waals surface area contributed by atoms with Crippen LogP contribution in [0.4, 0.5) is 4.79 Å². The van der Waals surface area contributed by atoms with Crippen molar-refractivity contribution >= 4 is 15.9 Å². The number of aromatic nitrogens is 1. The highest BCUT2D eigenvalue weighted by atomic mass is 32.2. The molecule has 0 radical (unpaired) electrons. The third kappa shape index (κ3) is 4.82. The average Bonchev–Trinajstić information content (AvgIpc) is 2.62. The van der Waals surface area contributed by atoms with Crippen molar-refractivity contribution in [3.05, 3.63) is 59.4 Å². The van der Waals surface area contributed by atoms with Crippen LogP contribution >= 0.6 is 0 Å². The molecule has 2 aromatic rings. The predicted molar refractivity (Wildman–Crippen MR) is 102 cm³/mol. The van der Waals surface area contributed by atoms with E-state index in [0.29, 0.717) is 17.7 Å². The number of nitrogens with zero attached hydrogens (tertiary/aromatic N) is 1. The first-order chi connectivity index (χ1) is 12.4. The number of carbonyl (C=O) groups is 1. The molecule has 6 nitrogen and oxygen atoms in total. The highest BCUT2D eigenvalue weighted by Gasteiger charge is 2.31. The molecule has 0 aliphatic rings. The minimum absolute atomic E-state index is 0.0308. The lowest BCUT2D eigenvalue weighted by molar-refractivity contribution is 0.241. The van der Waals surface area contributed by atoms with E-state index in [2.05, 4.69) is 15.6 Å². The number of hydrogen-bond acceptors (Lipinski definition) is 4. The van der Waals surface area contributed by atoms with Gasteiger partial charge in [0.1, 0.15) is 5.25 Å². The molecule has 2 rings (SSSR count). The number of benzene rings is 1. The number of hydrogen-bond donors (Lipinski definition) is 2. The number of sulfone groups is 1. The molecule has 0 saturated carbocycles. The molecule has 1 aromatic heterocycles. The molecule has 26 heavy (non-hydrogen) atoms. The molecule has 0 bridgehead atoms. The standard InChI is InChI=1S/C19H25N3O3S/c1-4-9-21-19(23)22-13-18(16-6-5-10-20-12-16)26(24,25)17-11-14(2)7-8-15(17)3/h5-8,10-12,18H,4,9,13H2,1-3H3,(H2,21,22,23)/t18-/m1/s1. The Labute approximate surface area is 155 Å². The molecule has 0 aliphatic heterocycles. The number of carbonyl (C=O) groups excluding carboxylic acids is 1. The van der Waals surface area contributed by atoms with E-state index in [4.69, 9.17) is 0 Å². The Morgan fingerprint density at radius 1 is 1.19 bits per heavy atom. The quantitative estimate of drug-likeness (QED) is 0.779. The number of pyridine rings is 1. The molecule has 1 aromatic carbocycles. The van der Waals surface area contributed by atoms with Crippen LogP contribution in [-0.2, 0) is 9.84 Å². The first-order valence-corrected chi connectivity index (χ1v) is 10.1. The highest BCUT2D eigenvalue weighted by molar-refractivity contribution is 7.91. The molecule has 0 fully saturated rings. The zero-order valence-corrected chi connectivity index (χ0v) is 16.1. The van der Waals surface area contributed by atoms with Crippen molar-refractivity contribution in [2.75, 3.05) is 13.1 Å². The van der Waals surface area contributed by atoms with Crippen molar-refractivity contribution in [3.8, 4) is 0 Å². The van der Waals surface area contributed by atoms with Crippen LogP contribution in [-0.4, -0.2) is 32.5 Å². The predicted octanol–water partition coefficient (Wildman–Crippen LogP) is 2.92. The molecule has 1 atom stereocenters. The molecule has 2 amide bonds. The van der Waals surface area contributed by atoms with Crippen LogP contribution in [0, 0.1) is 13.8 Å². The highest BCUT2D eigenvalue weighted by Crippen LogP contribution is 2.30. The first kappa shape index (κ1) is 19.9. The zero-order valence-electron chi connectivity index (χ0n) is 15.3. The Morgan fingerprint density at radius 2 is 1.96 bits per heavy atom. The van der Waals surface area contributed by atoms with Gasteiger partial charge in [-0.05, 0) is 49.1 Å². The van der Waals surface area contributed by atoms with Gasteiger partial charge >= 0.3 is 6.03 Å². The summed E-state index contributed by atoms with van der Waals surface area (Å²) in [4.78, 5) is 16.2. The Kier molecular flexibility index (Phi) is 6.74. The molecule has 1 heterocycles. The maximum absolute atomic E-state index is 13.3. The van der Waals surface area contributed by atoms with Gasteiger partial charge in [-0.3, -0.25) is 4.98 Å². The van der Waals surface area contributed by atoms with Gasteiger partial charge in [-0.25, -0.2) is 13.2 Å². The fourth-order valence-corrected chi connectivity index (χ4v) is 4.60. The van der Waals surface area contributed by atoms with E-state index in [0.717, 1.165) is 12.0 Å². The second-order valence-electron chi connectivity index (χ2n) is 6.23. The summed E-state index contributed by atoms with van der Waals surface area (Å²) in [5.41, 5.74) is 2.09. The molecule has 7 heteroatoms. The van der Waals surface area contributed by atoms with Gasteiger partial charge in [0, 0.05) is 25.5 Å². The number of rotatable bonds is 7. The van der Waals surface area contributed by atoms with Crippen LogP contribution in [0.25, 0.3) is 0 Å². The Bertz CT molecular complexity index is 852. The number of aryl methyl sites for hydroxylation is 2. The summed E-state index contributed by atoms with van der Waals surface area (Å²) >= 11 is 0. The summed E-state index contributed by atoms with van der Waals surface area (Å²) in [6, 6.07) is 8.38. The van der Waals surface area contributed by atoms with Gasteiger partial charge in [-0.1, -0.05) is 25.1 Å². The normalized spacial score (nSPS) is 12.4. The van der Waals surface area contributed by atoms with Crippen LogP contribution in [0.15, 0.2) is 47.6 Å². The van der Waals surface area contributed by atoms with Gasteiger partial charge in [-0.2, -0.15) is 0 Å². The maximum Gasteiger partial charge on any atom is 0.314 e. The van der Waals surface area contributed by atoms with Gasteiger partial charge < -0.3 is 10.6 Å². The monoisotopic (exact) mass is 375 g/mol. The first-order valence-electron chi connectivity index (χ1n) is 8.59. The summed E-state index contributed by atoms with van der Waals surface area (Å²) in [5.74, 6) is 0. The van der Waals surface area contributed by atoms with Crippen LogP contribution in [0.3, 0.4) is 0 Å². The van der Waals surface area contributed by atoms with E-state index in [1.54, 1.807) is 37.4 Å². The second kappa shape index (κ2) is 8.80. The molecular formula is C19H25N3O3S. The van der Waals surface area contributed by atoms with E-state index in [1.165, 1.54) is 6.20 Å². The van der Waals surface area contributed by atoms with Crippen molar-refractivity contribution in [2.45, 2.75) is 37.3 Å². The summed E-state index contributed by atoms with van der Waals surface area (Å²) in [6.45, 7) is 6.08. The molecule has 0 unspecified atom stereocenters. The topological polar surface area (TPSA) is 88.2 Å². The molecular weight excluding hydrogens is 350 g/mol. The van der Waals surface area contributed by atoms with Gasteiger partial charge in [0.25, 0.3) is 0 Å². The zero-order chi connectivity index (χ0) is 19.2. The fraction of sp³-hybridized carbons (Fsp3) is 0.368. The minimum atomic E-state index is -3.71. The number of nitrogens with one attached hydrogen (secondary N) is 2. The van der Waals surface area contributed by atoms with Crippen LogP contribution in [0.2, 0.25) is 0 Å². The summed E-state index contributed by atoms with van der Waals surface area (Å²) in [7, 11) is -3.71. The van der Waals surface area contributed by atoms with Gasteiger partial charge in [-0.15, -0.1) is 0 Å². The summed E-state index contributed by atoms with van der Waals surface area (Å²) < 4.78 is 26.7. The Balaban J connectivity index is 2.37. The lowest BCUT2D eigenvalue weighted by Gasteiger charge is -2.20. The third-order valence-corrected chi connectivity index (χ3v) is 6.31. The van der Waals surface area contributed by atoms with Crippen molar-refractivity contribution in [2.24, 2.45) is 0 Å². The van der Waals surface area contributed by atoms with E-state index in [9.17, 15) is 13.2 Å². The van der Waals surface area contributed by atoms with E-state index >= 15 is 0 Å². The van der Waals surface area contributed by atoms with Crippen molar-refractivity contribution in [1.82, 2.24) is 15.6 Å². The van der Waals surface area contributed by atoms with Crippen molar-refractivity contribution in [3.63, 3.8) is 0 Å². The van der Waals surface area contributed by atoms with Gasteiger partial charge in [0.2, 0.25) is 0 Å². The Morgan fingerprint density at radius 3 is 2.62 bits per heavy atom. The van der Waals surface area contributed by atoms with Crippen molar-refractivity contribution in [1.29, 1.82) is 0 Å². The fourth-order valence-electron chi connectivity index (χ4n) is 2.63. The SMILES string of the molecule is CCCNC(=O)NC[C@H](c1cccnc1)S(=O)(=O)c1cc(C)ccc1C. The molecule has 0 aliphatic carbocycles. The summed E-state index contributed by atoms with van der Waals surface area (Å²) in [6.07, 6.45) is 3.92. The lowest BCUT2D eigenvalue weighted by Crippen LogP contribution is -2.39. The summed E-state index contributed by atoms with van der Waals surface area (Å²) in [5, 5.41) is 4.45. The van der Waals surface area contributed by atoms with Crippen LogP contribution in [0.1, 0.15) is 35.3 Å². The molecule has 2 N–H and O–H groups in total. The van der Waals surface area contributed by atoms with Crippen LogP contribution < -0.4 is 10.6 Å². The van der Waals surface area contributed by atoms with Gasteiger partial charge in [0.15, 0.2) is 9.84 Å². The van der Waals surface area contributed by atoms with Gasteiger partial charge in [0.05, 0.1) is 4.90 Å². The van der Waals surface area contributed by atoms with Crippen molar-refractivity contribution < 1.29 is 13.2 Å². The molecule has 0 spiro atoms.